The third kappa shape index (κ3) is 3.13. The minimum atomic E-state index is -0.462. The van der Waals surface area contributed by atoms with Crippen LogP contribution in [-0.2, 0) is 6.61 Å². The number of ether oxygens (including phenoxy) is 1. The van der Waals surface area contributed by atoms with E-state index >= 15 is 0 Å². The standard InChI is InChI=1S/C12H13BrN4O3/c1-8(2)16-12(14-7-15-16)6-20-11-5-9(17(18)19)3-4-10(11)13/h3-5,7-8H,6H2,1-2H3. The molecule has 0 N–H and O–H groups in total. The van der Waals surface area contributed by atoms with Crippen LogP contribution in [0.1, 0.15) is 25.7 Å². The second-order valence-corrected chi connectivity index (χ2v) is 5.23. The second-order valence-electron chi connectivity index (χ2n) is 4.38. The molecule has 0 atom stereocenters. The van der Waals surface area contributed by atoms with Crippen LogP contribution in [0, 0.1) is 10.1 Å². The van der Waals surface area contributed by atoms with Crippen LogP contribution in [0.5, 0.6) is 5.75 Å². The number of aromatic nitrogens is 3. The van der Waals surface area contributed by atoms with Crippen molar-refractivity contribution in [3.63, 3.8) is 0 Å². The summed E-state index contributed by atoms with van der Waals surface area (Å²) in [5.41, 5.74) is -0.0199. The van der Waals surface area contributed by atoms with Gasteiger partial charge >= 0.3 is 0 Å². The smallest absolute Gasteiger partial charge is 0.273 e. The molecule has 0 aliphatic carbocycles. The minimum Gasteiger partial charge on any atom is -0.484 e. The normalized spacial score (nSPS) is 10.8. The Morgan fingerprint density at radius 2 is 2.25 bits per heavy atom. The number of hydrogen-bond donors (Lipinski definition) is 0. The average molecular weight is 341 g/mol. The number of non-ortho nitro benzene ring substituents is 1. The molecule has 0 aliphatic heterocycles. The first kappa shape index (κ1) is 14.4. The van der Waals surface area contributed by atoms with Crippen molar-refractivity contribution in [2.45, 2.75) is 26.5 Å². The molecule has 0 saturated heterocycles. The maximum atomic E-state index is 10.7. The van der Waals surface area contributed by atoms with Crippen molar-refractivity contribution in [3.8, 4) is 5.75 Å². The summed E-state index contributed by atoms with van der Waals surface area (Å²) < 4.78 is 7.98. The van der Waals surface area contributed by atoms with E-state index in [0.717, 1.165) is 0 Å². The predicted octanol–water partition coefficient (Wildman–Crippen LogP) is 3.11. The molecule has 0 saturated carbocycles. The fraction of sp³-hybridized carbons (Fsp3) is 0.333. The van der Waals surface area contributed by atoms with E-state index in [4.69, 9.17) is 4.74 Å². The first-order valence-electron chi connectivity index (χ1n) is 5.94. The molecule has 0 bridgehead atoms. The third-order valence-electron chi connectivity index (χ3n) is 2.62. The van der Waals surface area contributed by atoms with E-state index in [1.165, 1.54) is 18.5 Å². The summed E-state index contributed by atoms with van der Waals surface area (Å²) in [7, 11) is 0. The largest absolute Gasteiger partial charge is 0.484 e. The van der Waals surface area contributed by atoms with Gasteiger partial charge in [-0.25, -0.2) is 9.67 Å². The van der Waals surface area contributed by atoms with E-state index in [0.29, 0.717) is 16.0 Å². The first-order chi connectivity index (χ1) is 9.49. The van der Waals surface area contributed by atoms with Gasteiger partial charge in [0.1, 0.15) is 18.7 Å². The molecule has 1 heterocycles. The second kappa shape index (κ2) is 6.00. The summed E-state index contributed by atoms with van der Waals surface area (Å²) in [4.78, 5) is 14.4. The lowest BCUT2D eigenvalue weighted by atomic mass is 10.3. The van der Waals surface area contributed by atoms with Crippen molar-refractivity contribution in [1.29, 1.82) is 0 Å². The van der Waals surface area contributed by atoms with Crippen molar-refractivity contribution < 1.29 is 9.66 Å². The molecule has 20 heavy (non-hydrogen) atoms. The van der Waals surface area contributed by atoms with Gasteiger partial charge < -0.3 is 4.74 Å². The molecular formula is C12H13BrN4O3. The van der Waals surface area contributed by atoms with Crippen molar-refractivity contribution in [1.82, 2.24) is 14.8 Å². The number of hydrogen-bond acceptors (Lipinski definition) is 5. The predicted molar refractivity (Wildman–Crippen MR) is 75.5 cm³/mol. The van der Waals surface area contributed by atoms with Crippen LogP contribution < -0.4 is 4.74 Å². The number of nitro benzene ring substituents is 1. The Morgan fingerprint density at radius 1 is 1.50 bits per heavy atom. The van der Waals surface area contributed by atoms with Gasteiger partial charge in [0.15, 0.2) is 5.82 Å². The van der Waals surface area contributed by atoms with Crippen molar-refractivity contribution >= 4 is 21.6 Å². The molecule has 7 nitrogen and oxygen atoms in total. The molecule has 0 unspecified atom stereocenters. The molecule has 1 aromatic carbocycles. The van der Waals surface area contributed by atoms with Crippen LogP contribution >= 0.6 is 15.9 Å². The Morgan fingerprint density at radius 3 is 2.90 bits per heavy atom. The number of nitrogens with zero attached hydrogens (tertiary/aromatic N) is 4. The monoisotopic (exact) mass is 340 g/mol. The Bertz CT molecular complexity index is 627. The number of halogens is 1. The summed E-state index contributed by atoms with van der Waals surface area (Å²) in [6.45, 7) is 4.17. The van der Waals surface area contributed by atoms with Crippen molar-refractivity contribution in [3.05, 3.63) is 44.9 Å². The lowest BCUT2D eigenvalue weighted by molar-refractivity contribution is -0.385. The van der Waals surface area contributed by atoms with E-state index in [2.05, 4.69) is 26.0 Å². The fourth-order valence-electron chi connectivity index (χ4n) is 1.67. The molecular weight excluding hydrogens is 328 g/mol. The summed E-state index contributed by atoms with van der Waals surface area (Å²) in [5.74, 6) is 1.07. The molecule has 0 radical (unpaired) electrons. The van der Waals surface area contributed by atoms with Crippen molar-refractivity contribution in [2.75, 3.05) is 0 Å². The maximum absolute atomic E-state index is 10.7. The zero-order valence-electron chi connectivity index (χ0n) is 11.0. The highest BCUT2D eigenvalue weighted by molar-refractivity contribution is 9.10. The highest BCUT2D eigenvalue weighted by Gasteiger charge is 2.13. The molecule has 0 spiro atoms. The van der Waals surface area contributed by atoms with Gasteiger partial charge in [0.2, 0.25) is 0 Å². The Hall–Kier alpha value is -1.96. The van der Waals surface area contributed by atoms with Gasteiger partial charge in [-0.3, -0.25) is 10.1 Å². The quantitative estimate of drug-likeness (QED) is 0.616. The zero-order chi connectivity index (χ0) is 14.7. The van der Waals surface area contributed by atoms with E-state index in [9.17, 15) is 10.1 Å². The summed E-state index contributed by atoms with van der Waals surface area (Å²) in [6.07, 6.45) is 1.46. The molecule has 2 aromatic rings. The Labute approximate surface area is 123 Å². The number of nitro groups is 1. The van der Waals surface area contributed by atoms with Crippen LogP contribution in [0.3, 0.4) is 0 Å². The van der Waals surface area contributed by atoms with Crippen LogP contribution in [-0.4, -0.2) is 19.7 Å². The molecule has 1 aromatic heterocycles. The highest BCUT2D eigenvalue weighted by atomic mass is 79.9. The van der Waals surface area contributed by atoms with Gasteiger partial charge in [-0.05, 0) is 35.8 Å². The summed E-state index contributed by atoms with van der Waals surface area (Å²) in [6, 6.07) is 4.54. The molecule has 106 valence electrons. The van der Waals surface area contributed by atoms with Crippen molar-refractivity contribution in [2.24, 2.45) is 0 Å². The van der Waals surface area contributed by atoms with Gasteiger partial charge in [-0.1, -0.05) is 0 Å². The van der Waals surface area contributed by atoms with Gasteiger partial charge in [0.05, 0.1) is 15.5 Å². The molecule has 0 aliphatic rings. The lowest BCUT2D eigenvalue weighted by Crippen LogP contribution is -2.10. The first-order valence-corrected chi connectivity index (χ1v) is 6.73. The van der Waals surface area contributed by atoms with Crippen LogP contribution in [0.15, 0.2) is 29.0 Å². The van der Waals surface area contributed by atoms with Gasteiger partial charge in [-0.15, -0.1) is 0 Å². The molecule has 0 amide bonds. The summed E-state index contributed by atoms with van der Waals surface area (Å²) in [5, 5.41) is 14.9. The zero-order valence-corrected chi connectivity index (χ0v) is 12.6. The van der Waals surface area contributed by atoms with Gasteiger partial charge in [-0.2, -0.15) is 5.10 Å². The van der Waals surface area contributed by atoms with Gasteiger partial charge in [0.25, 0.3) is 5.69 Å². The summed E-state index contributed by atoms with van der Waals surface area (Å²) >= 11 is 3.30. The van der Waals surface area contributed by atoms with Crippen LogP contribution in [0.25, 0.3) is 0 Å². The number of benzene rings is 1. The molecule has 8 heteroatoms. The lowest BCUT2D eigenvalue weighted by Gasteiger charge is -2.11. The molecule has 0 fully saturated rings. The number of rotatable bonds is 5. The average Bonchev–Trinajstić information content (AvgIpc) is 2.86. The van der Waals surface area contributed by atoms with E-state index < -0.39 is 4.92 Å². The third-order valence-corrected chi connectivity index (χ3v) is 3.27. The topological polar surface area (TPSA) is 83.1 Å². The van der Waals surface area contributed by atoms with Crippen LogP contribution in [0.4, 0.5) is 5.69 Å². The van der Waals surface area contributed by atoms with Gasteiger partial charge in [0, 0.05) is 12.1 Å². The van der Waals surface area contributed by atoms with E-state index in [-0.39, 0.29) is 18.3 Å². The SMILES string of the molecule is CC(C)n1ncnc1COc1cc([N+](=O)[O-])ccc1Br. The Balaban J connectivity index is 2.16. The molecule has 2 rings (SSSR count). The Kier molecular flexibility index (Phi) is 4.33. The van der Waals surface area contributed by atoms with E-state index in [1.807, 2.05) is 13.8 Å². The minimum absolute atomic E-state index is 0.0199. The van der Waals surface area contributed by atoms with E-state index in [1.54, 1.807) is 10.7 Å². The highest BCUT2D eigenvalue weighted by Crippen LogP contribution is 2.29. The maximum Gasteiger partial charge on any atom is 0.273 e. The van der Waals surface area contributed by atoms with Crippen LogP contribution in [0.2, 0.25) is 0 Å². The fourth-order valence-corrected chi connectivity index (χ4v) is 2.03.